The molecule has 6 heteroatoms. The zero-order chi connectivity index (χ0) is 13.6. The summed E-state index contributed by atoms with van der Waals surface area (Å²) < 4.78 is 2.02. The predicted octanol–water partition coefficient (Wildman–Crippen LogP) is 2.48. The number of nitrogens with zero attached hydrogens (tertiary/aromatic N) is 4. The summed E-state index contributed by atoms with van der Waals surface area (Å²) in [5.41, 5.74) is 0.221. The van der Waals surface area contributed by atoms with E-state index in [-0.39, 0.29) is 5.41 Å². The number of piperidine rings is 1. The molecule has 0 spiro atoms. The largest absolute Gasteiger partial charge is 0.316 e. The Bertz CT molecular complexity index is 601. The molecule has 4 rings (SSSR count). The molecule has 0 amide bonds. The van der Waals surface area contributed by atoms with Crippen LogP contribution in [0.3, 0.4) is 0 Å². The number of rotatable bonds is 4. The van der Waals surface area contributed by atoms with Crippen LogP contribution < -0.4 is 5.32 Å². The summed E-state index contributed by atoms with van der Waals surface area (Å²) in [6.45, 7) is 4.47. The van der Waals surface area contributed by atoms with Gasteiger partial charge in [-0.3, -0.25) is 0 Å². The topological polar surface area (TPSA) is 55.1 Å². The molecule has 0 aromatic carbocycles. The Morgan fingerprint density at radius 2 is 2.30 bits per heavy atom. The molecule has 1 aliphatic heterocycles. The lowest BCUT2D eigenvalue weighted by molar-refractivity contribution is 0.287. The SMILES string of the molecule is CCCC1(c2nn3c(C4CC4)nnc3s2)CCCNC1. The molecule has 108 valence electrons. The molecule has 1 atom stereocenters. The van der Waals surface area contributed by atoms with Gasteiger partial charge in [0.15, 0.2) is 5.82 Å². The molecule has 1 saturated carbocycles. The molecule has 2 fully saturated rings. The third-order valence-corrected chi connectivity index (χ3v) is 5.76. The van der Waals surface area contributed by atoms with Crippen LogP contribution in [0.15, 0.2) is 0 Å². The maximum atomic E-state index is 4.92. The number of hydrogen-bond donors (Lipinski definition) is 1. The maximum absolute atomic E-state index is 4.92. The molecule has 2 aromatic heterocycles. The zero-order valence-corrected chi connectivity index (χ0v) is 12.7. The van der Waals surface area contributed by atoms with Crippen LogP contribution in [0.4, 0.5) is 0 Å². The molecule has 2 aromatic rings. The van der Waals surface area contributed by atoms with Crippen molar-refractivity contribution in [2.45, 2.75) is 56.8 Å². The summed E-state index contributed by atoms with van der Waals surface area (Å²) >= 11 is 1.75. The van der Waals surface area contributed by atoms with Gasteiger partial charge in [0.05, 0.1) is 0 Å². The van der Waals surface area contributed by atoms with Gasteiger partial charge < -0.3 is 5.32 Å². The van der Waals surface area contributed by atoms with E-state index in [9.17, 15) is 0 Å². The molecular weight excluding hydrogens is 270 g/mol. The molecule has 5 nitrogen and oxygen atoms in total. The molecule has 2 aliphatic rings. The third-order valence-electron chi connectivity index (χ3n) is 4.61. The molecule has 1 saturated heterocycles. The van der Waals surface area contributed by atoms with Crippen molar-refractivity contribution in [1.29, 1.82) is 0 Å². The first kappa shape index (κ1) is 12.7. The lowest BCUT2D eigenvalue weighted by Crippen LogP contribution is -2.43. The second-order valence-electron chi connectivity index (χ2n) is 6.24. The Balaban J connectivity index is 1.75. The van der Waals surface area contributed by atoms with Crippen LogP contribution in [-0.2, 0) is 5.41 Å². The first-order chi connectivity index (χ1) is 9.82. The van der Waals surface area contributed by atoms with Crippen molar-refractivity contribution in [2.24, 2.45) is 0 Å². The molecule has 20 heavy (non-hydrogen) atoms. The van der Waals surface area contributed by atoms with Gasteiger partial charge in [0.1, 0.15) is 5.01 Å². The average Bonchev–Trinajstić information content (AvgIpc) is 3.08. The molecule has 1 unspecified atom stereocenters. The Labute approximate surface area is 122 Å². The smallest absolute Gasteiger partial charge is 0.234 e. The van der Waals surface area contributed by atoms with Gasteiger partial charge in [-0.2, -0.15) is 9.61 Å². The molecular formula is C14H21N5S. The van der Waals surface area contributed by atoms with Crippen LogP contribution in [-0.4, -0.2) is 32.9 Å². The van der Waals surface area contributed by atoms with E-state index in [1.54, 1.807) is 11.3 Å². The standard InChI is InChI=1S/C14H21N5S/c1-2-6-14(7-3-8-15-9-14)12-18-19-11(10-4-5-10)16-17-13(19)20-12/h10,15H,2-9H2,1H3. The molecule has 0 radical (unpaired) electrons. The van der Waals surface area contributed by atoms with Crippen molar-refractivity contribution >= 4 is 16.3 Å². The fourth-order valence-electron chi connectivity index (χ4n) is 3.39. The Kier molecular flexibility index (Phi) is 3.03. The van der Waals surface area contributed by atoms with Gasteiger partial charge in [-0.15, -0.1) is 10.2 Å². The number of nitrogens with one attached hydrogen (secondary N) is 1. The van der Waals surface area contributed by atoms with E-state index in [0.717, 1.165) is 23.9 Å². The highest BCUT2D eigenvalue weighted by Gasteiger charge is 2.38. The van der Waals surface area contributed by atoms with E-state index in [0.29, 0.717) is 5.92 Å². The molecule has 1 aliphatic carbocycles. The van der Waals surface area contributed by atoms with E-state index in [1.165, 1.54) is 43.5 Å². The van der Waals surface area contributed by atoms with Gasteiger partial charge >= 0.3 is 0 Å². The highest BCUT2D eigenvalue weighted by Crippen LogP contribution is 2.41. The highest BCUT2D eigenvalue weighted by atomic mass is 32.1. The van der Waals surface area contributed by atoms with Crippen LogP contribution >= 0.6 is 11.3 Å². The van der Waals surface area contributed by atoms with Crippen LogP contribution in [0.25, 0.3) is 4.96 Å². The second-order valence-corrected chi connectivity index (χ2v) is 7.20. The molecule has 1 N–H and O–H groups in total. The zero-order valence-electron chi connectivity index (χ0n) is 11.9. The summed E-state index contributed by atoms with van der Waals surface area (Å²) in [5.74, 6) is 1.68. The minimum absolute atomic E-state index is 0.221. The molecule has 0 bridgehead atoms. The van der Waals surface area contributed by atoms with Crippen LogP contribution in [0.5, 0.6) is 0 Å². The van der Waals surface area contributed by atoms with E-state index >= 15 is 0 Å². The third kappa shape index (κ3) is 1.97. The van der Waals surface area contributed by atoms with Gasteiger partial charge in [0.25, 0.3) is 0 Å². The van der Waals surface area contributed by atoms with E-state index in [2.05, 4.69) is 22.4 Å². The van der Waals surface area contributed by atoms with Crippen molar-refractivity contribution in [1.82, 2.24) is 25.1 Å². The lowest BCUT2D eigenvalue weighted by atomic mass is 9.77. The van der Waals surface area contributed by atoms with Crippen LogP contribution in [0.2, 0.25) is 0 Å². The van der Waals surface area contributed by atoms with E-state index < -0.39 is 0 Å². The number of hydrogen-bond acceptors (Lipinski definition) is 5. The first-order valence-electron chi connectivity index (χ1n) is 7.76. The average molecular weight is 291 g/mol. The minimum Gasteiger partial charge on any atom is -0.316 e. The highest BCUT2D eigenvalue weighted by molar-refractivity contribution is 7.16. The van der Waals surface area contributed by atoms with Crippen molar-refractivity contribution < 1.29 is 0 Å². The Morgan fingerprint density at radius 3 is 3.00 bits per heavy atom. The number of fused-ring (bicyclic) bond motifs is 1. The monoisotopic (exact) mass is 291 g/mol. The van der Waals surface area contributed by atoms with Crippen molar-refractivity contribution in [3.63, 3.8) is 0 Å². The summed E-state index contributed by atoms with van der Waals surface area (Å²) in [5, 5.41) is 18.4. The fraction of sp³-hybridized carbons (Fsp3) is 0.786. The van der Waals surface area contributed by atoms with E-state index in [1.807, 2.05) is 4.52 Å². The van der Waals surface area contributed by atoms with Crippen molar-refractivity contribution in [3.8, 4) is 0 Å². The quantitative estimate of drug-likeness (QED) is 0.940. The van der Waals surface area contributed by atoms with Gasteiger partial charge in [-0.25, -0.2) is 0 Å². The van der Waals surface area contributed by atoms with Gasteiger partial charge in [0.2, 0.25) is 4.96 Å². The normalized spacial score (nSPS) is 27.2. The maximum Gasteiger partial charge on any atom is 0.234 e. The minimum atomic E-state index is 0.221. The summed E-state index contributed by atoms with van der Waals surface area (Å²) in [6.07, 6.45) is 7.40. The van der Waals surface area contributed by atoms with Crippen molar-refractivity contribution in [2.75, 3.05) is 13.1 Å². The first-order valence-corrected chi connectivity index (χ1v) is 8.57. The van der Waals surface area contributed by atoms with Gasteiger partial charge in [0, 0.05) is 17.9 Å². The van der Waals surface area contributed by atoms with Crippen LogP contribution in [0, 0.1) is 0 Å². The lowest BCUT2D eigenvalue weighted by Gasteiger charge is -2.35. The number of aromatic nitrogens is 4. The van der Waals surface area contributed by atoms with Gasteiger partial charge in [-0.1, -0.05) is 24.7 Å². The van der Waals surface area contributed by atoms with E-state index in [4.69, 9.17) is 5.10 Å². The summed E-state index contributed by atoms with van der Waals surface area (Å²) in [4.78, 5) is 0.975. The Hall–Kier alpha value is -1.01. The fourth-order valence-corrected chi connectivity index (χ4v) is 4.48. The summed E-state index contributed by atoms with van der Waals surface area (Å²) in [7, 11) is 0. The van der Waals surface area contributed by atoms with Crippen molar-refractivity contribution in [3.05, 3.63) is 10.8 Å². The summed E-state index contributed by atoms with van der Waals surface area (Å²) in [6, 6.07) is 0. The Morgan fingerprint density at radius 1 is 1.40 bits per heavy atom. The van der Waals surface area contributed by atoms with Gasteiger partial charge in [-0.05, 0) is 38.6 Å². The predicted molar refractivity (Wildman–Crippen MR) is 79.3 cm³/mol. The second kappa shape index (κ2) is 4.77. The van der Waals surface area contributed by atoms with Crippen LogP contribution in [0.1, 0.15) is 62.2 Å². The molecule has 3 heterocycles.